The second-order valence-corrected chi connectivity index (χ2v) is 4.77. The molecule has 2 rings (SSSR count). The lowest BCUT2D eigenvalue weighted by Crippen LogP contribution is -2.39. The molecule has 1 aliphatic heterocycles. The molecule has 4 heteroatoms. The third-order valence-electron chi connectivity index (χ3n) is 3.32. The van der Waals surface area contributed by atoms with Crippen LogP contribution < -0.4 is 0 Å². The first-order chi connectivity index (χ1) is 9.08. The number of likely N-dealkylation sites (tertiary alicyclic amines) is 1. The van der Waals surface area contributed by atoms with Gasteiger partial charge in [0.05, 0.1) is 0 Å². The van der Waals surface area contributed by atoms with Crippen molar-refractivity contribution in [3.63, 3.8) is 0 Å². The molecule has 1 N–H and O–H groups in total. The number of carbonyl (C=O) groups is 2. The maximum Gasteiger partial charge on any atom is 0.326 e. The van der Waals surface area contributed by atoms with E-state index in [-0.39, 0.29) is 5.91 Å². The molecule has 100 valence electrons. The average molecular weight is 259 g/mol. The third kappa shape index (κ3) is 3.22. The molecular formula is C15H17NO3. The molecule has 0 unspecified atom stereocenters. The van der Waals surface area contributed by atoms with E-state index in [1.807, 2.05) is 31.2 Å². The van der Waals surface area contributed by atoms with Crippen molar-refractivity contribution in [3.8, 4) is 0 Å². The molecule has 19 heavy (non-hydrogen) atoms. The summed E-state index contributed by atoms with van der Waals surface area (Å²) in [5.41, 5.74) is 2.10. The third-order valence-corrected chi connectivity index (χ3v) is 3.32. The highest BCUT2D eigenvalue weighted by atomic mass is 16.4. The lowest BCUT2D eigenvalue weighted by Gasteiger charge is -2.19. The minimum absolute atomic E-state index is 0.231. The second kappa shape index (κ2) is 5.69. The Labute approximate surface area is 112 Å². The van der Waals surface area contributed by atoms with Gasteiger partial charge in [0.1, 0.15) is 6.04 Å². The molecule has 0 saturated carbocycles. The fourth-order valence-electron chi connectivity index (χ4n) is 2.23. The van der Waals surface area contributed by atoms with Crippen LogP contribution in [0.25, 0.3) is 6.08 Å². The van der Waals surface area contributed by atoms with E-state index in [4.69, 9.17) is 5.11 Å². The predicted octanol–water partition coefficient (Wildman–Crippen LogP) is 2.08. The van der Waals surface area contributed by atoms with Crippen molar-refractivity contribution in [1.29, 1.82) is 0 Å². The summed E-state index contributed by atoms with van der Waals surface area (Å²) in [7, 11) is 0. The number of nitrogens with zero attached hydrogens (tertiary/aromatic N) is 1. The minimum atomic E-state index is -0.922. The number of aliphatic carboxylic acids is 1. The summed E-state index contributed by atoms with van der Waals surface area (Å²) < 4.78 is 0. The van der Waals surface area contributed by atoms with Crippen LogP contribution in [0.3, 0.4) is 0 Å². The number of amides is 1. The molecule has 0 aliphatic carbocycles. The van der Waals surface area contributed by atoms with Gasteiger partial charge in [0, 0.05) is 12.6 Å². The van der Waals surface area contributed by atoms with Crippen molar-refractivity contribution in [2.75, 3.05) is 6.54 Å². The molecule has 1 aromatic rings. The Morgan fingerprint density at radius 1 is 1.32 bits per heavy atom. The fraction of sp³-hybridized carbons (Fsp3) is 0.333. The molecule has 1 saturated heterocycles. The van der Waals surface area contributed by atoms with Gasteiger partial charge in [0.25, 0.3) is 0 Å². The lowest BCUT2D eigenvalue weighted by atomic mass is 10.1. The number of aryl methyl sites for hydroxylation is 1. The minimum Gasteiger partial charge on any atom is -0.480 e. The van der Waals surface area contributed by atoms with Gasteiger partial charge in [-0.1, -0.05) is 29.8 Å². The van der Waals surface area contributed by atoms with Crippen molar-refractivity contribution in [2.45, 2.75) is 25.8 Å². The zero-order valence-electron chi connectivity index (χ0n) is 10.9. The highest BCUT2D eigenvalue weighted by Gasteiger charge is 2.32. The number of hydrogen-bond acceptors (Lipinski definition) is 2. The van der Waals surface area contributed by atoms with E-state index in [9.17, 15) is 9.59 Å². The van der Waals surface area contributed by atoms with Crippen molar-refractivity contribution in [3.05, 3.63) is 41.5 Å². The van der Waals surface area contributed by atoms with E-state index in [2.05, 4.69) is 0 Å². The van der Waals surface area contributed by atoms with Gasteiger partial charge in [-0.15, -0.1) is 0 Å². The monoisotopic (exact) mass is 259 g/mol. The van der Waals surface area contributed by atoms with Gasteiger partial charge in [-0.3, -0.25) is 4.79 Å². The summed E-state index contributed by atoms with van der Waals surface area (Å²) in [5.74, 6) is -1.15. The van der Waals surface area contributed by atoms with Crippen molar-refractivity contribution >= 4 is 18.0 Å². The number of hydrogen-bond donors (Lipinski definition) is 1. The average Bonchev–Trinajstić information content (AvgIpc) is 2.87. The first-order valence-electron chi connectivity index (χ1n) is 6.36. The Balaban J connectivity index is 2.04. The Bertz CT molecular complexity index is 505. The highest BCUT2D eigenvalue weighted by molar-refractivity contribution is 5.94. The Morgan fingerprint density at radius 3 is 2.63 bits per heavy atom. The van der Waals surface area contributed by atoms with Crippen LogP contribution in [0, 0.1) is 6.92 Å². The van der Waals surface area contributed by atoms with Gasteiger partial charge < -0.3 is 10.0 Å². The molecule has 0 spiro atoms. The first-order valence-corrected chi connectivity index (χ1v) is 6.36. The summed E-state index contributed by atoms with van der Waals surface area (Å²) in [4.78, 5) is 24.4. The Kier molecular flexibility index (Phi) is 4.00. The summed E-state index contributed by atoms with van der Waals surface area (Å²) in [6.07, 6.45) is 4.46. The van der Waals surface area contributed by atoms with Crippen molar-refractivity contribution in [2.24, 2.45) is 0 Å². The molecule has 1 atom stereocenters. The maximum absolute atomic E-state index is 12.0. The second-order valence-electron chi connectivity index (χ2n) is 4.77. The van der Waals surface area contributed by atoms with E-state index < -0.39 is 12.0 Å². The van der Waals surface area contributed by atoms with Gasteiger partial charge in [-0.25, -0.2) is 4.79 Å². The van der Waals surface area contributed by atoms with Crippen molar-refractivity contribution < 1.29 is 14.7 Å². The largest absolute Gasteiger partial charge is 0.480 e. The van der Waals surface area contributed by atoms with Gasteiger partial charge in [-0.2, -0.15) is 0 Å². The lowest BCUT2D eigenvalue weighted by molar-refractivity contribution is -0.146. The number of carboxylic acids is 1. The van der Waals surface area contributed by atoms with E-state index in [0.29, 0.717) is 13.0 Å². The molecule has 1 heterocycles. The molecule has 0 bridgehead atoms. The van der Waals surface area contributed by atoms with Crippen molar-refractivity contribution in [1.82, 2.24) is 4.90 Å². The molecular weight excluding hydrogens is 242 g/mol. The summed E-state index contributed by atoms with van der Waals surface area (Å²) in [6, 6.07) is 7.13. The maximum atomic E-state index is 12.0. The first kappa shape index (κ1) is 13.3. The smallest absolute Gasteiger partial charge is 0.326 e. The van der Waals surface area contributed by atoms with E-state index in [0.717, 1.165) is 17.5 Å². The molecule has 1 aliphatic rings. The standard InChI is InChI=1S/C15H17NO3/c1-11-4-6-12(7-5-11)8-9-14(17)16-10-2-3-13(16)15(18)19/h4-9,13H,2-3,10H2,1H3,(H,18,19)/b9-8+/t13-/m0/s1. The summed E-state index contributed by atoms with van der Waals surface area (Å²) in [5, 5.41) is 9.03. The van der Waals surface area contributed by atoms with Gasteiger partial charge in [0.15, 0.2) is 0 Å². The van der Waals surface area contributed by atoms with E-state index in [1.165, 1.54) is 11.0 Å². The summed E-state index contributed by atoms with van der Waals surface area (Å²) >= 11 is 0. The summed E-state index contributed by atoms with van der Waals surface area (Å²) in [6.45, 7) is 2.52. The van der Waals surface area contributed by atoms with Gasteiger partial charge in [0.2, 0.25) is 5.91 Å². The van der Waals surface area contributed by atoms with Crippen LogP contribution in [0.15, 0.2) is 30.3 Å². The zero-order valence-corrected chi connectivity index (χ0v) is 10.9. The topological polar surface area (TPSA) is 57.6 Å². The van der Waals surface area contributed by atoms with E-state index >= 15 is 0 Å². The van der Waals surface area contributed by atoms with Gasteiger partial charge >= 0.3 is 5.97 Å². The van der Waals surface area contributed by atoms with Crippen LogP contribution in [-0.4, -0.2) is 34.5 Å². The number of carbonyl (C=O) groups excluding carboxylic acids is 1. The number of rotatable bonds is 3. The quantitative estimate of drug-likeness (QED) is 0.845. The normalized spacial score (nSPS) is 19.0. The fourth-order valence-corrected chi connectivity index (χ4v) is 2.23. The highest BCUT2D eigenvalue weighted by Crippen LogP contribution is 2.18. The van der Waals surface area contributed by atoms with Gasteiger partial charge in [-0.05, 0) is 31.4 Å². The van der Waals surface area contributed by atoms with Crippen LogP contribution in [0.5, 0.6) is 0 Å². The predicted molar refractivity (Wildman–Crippen MR) is 72.6 cm³/mol. The molecule has 1 amide bonds. The molecule has 1 aromatic carbocycles. The number of carboxylic acid groups (broad SMARTS) is 1. The van der Waals surface area contributed by atoms with Crippen LogP contribution in [0.4, 0.5) is 0 Å². The Hall–Kier alpha value is -2.10. The molecule has 0 radical (unpaired) electrons. The van der Waals surface area contributed by atoms with Crippen LogP contribution in [-0.2, 0) is 9.59 Å². The van der Waals surface area contributed by atoms with Crippen LogP contribution >= 0.6 is 0 Å². The molecule has 0 aromatic heterocycles. The molecule has 4 nitrogen and oxygen atoms in total. The number of benzene rings is 1. The van der Waals surface area contributed by atoms with Crippen LogP contribution in [0.1, 0.15) is 24.0 Å². The van der Waals surface area contributed by atoms with Crippen LogP contribution in [0.2, 0.25) is 0 Å². The SMILES string of the molecule is Cc1ccc(/C=C/C(=O)N2CCC[C@H]2C(=O)O)cc1. The van der Waals surface area contributed by atoms with E-state index in [1.54, 1.807) is 6.08 Å². The Morgan fingerprint density at radius 2 is 2.00 bits per heavy atom. The molecule has 1 fully saturated rings. The zero-order chi connectivity index (χ0) is 13.8.